The van der Waals surface area contributed by atoms with E-state index in [0.29, 0.717) is 21.8 Å². The van der Waals surface area contributed by atoms with Crippen molar-refractivity contribution in [1.29, 1.82) is 0 Å². The molecule has 4 aromatic heterocycles. The molecule has 0 spiro atoms. The fraction of sp³-hybridized carbons (Fsp3) is 0.273. The standard InChI is InChI=1S/C22H22N4O3S2/c1-5-29-22(28)18-16(17-7-6-8-30-17)11-31-21(18)25-20(27)15-9-14-10-23-26(12(2)3)19(14)24-13(15)4/h6-12H,5H2,1-4H3,(H,25,27). The number of esters is 1. The van der Waals surface area contributed by atoms with Crippen LogP contribution in [0.15, 0.2) is 35.2 Å². The van der Waals surface area contributed by atoms with Crippen LogP contribution in [0.1, 0.15) is 53.2 Å². The molecule has 7 nitrogen and oxygen atoms in total. The minimum absolute atomic E-state index is 0.165. The second-order valence-electron chi connectivity index (χ2n) is 7.22. The van der Waals surface area contributed by atoms with Gasteiger partial charge in [0.15, 0.2) is 5.65 Å². The number of hydrogen-bond acceptors (Lipinski definition) is 7. The molecule has 0 aromatic carbocycles. The molecule has 9 heteroatoms. The molecular formula is C22H22N4O3S2. The first-order valence-electron chi connectivity index (χ1n) is 9.89. The molecule has 0 aliphatic carbocycles. The van der Waals surface area contributed by atoms with E-state index in [1.807, 2.05) is 41.4 Å². The van der Waals surface area contributed by atoms with Crippen LogP contribution in [0.25, 0.3) is 21.5 Å². The van der Waals surface area contributed by atoms with Gasteiger partial charge in [-0.2, -0.15) is 5.10 Å². The molecule has 1 N–H and O–H groups in total. The topological polar surface area (TPSA) is 86.1 Å². The van der Waals surface area contributed by atoms with Crippen molar-refractivity contribution in [2.75, 3.05) is 11.9 Å². The number of ether oxygens (including phenoxy) is 1. The summed E-state index contributed by atoms with van der Waals surface area (Å²) < 4.78 is 7.09. The van der Waals surface area contributed by atoms with Crippen molar-refractivity contribution >= 4 is 50.6 Å². The molecule has 0 radical (unpaired) electrons. The molecule has 0 atom stereocenters. The Bertz CT molecular complexity index is 1260. The fourth-order valence-electron chi connectivity index (χ4n) is 3.31. The number of amides is 1. The van der Waals surface area contributed by atoms with Crippen LogP contribution in [-0.4, -0.2) is 33.2 Å². The summed E-state index contributed by atoms with van der Waals surface area (Å²) in [5.74, 6) is -0.778. The summed E-state index contributed by atoms with van der Waals surface area (Å²) in [7, 11) is 0. The summed E-state index contributed by atoms with van der Waals surface area (Å²) in [5.41, 5.74) is 2.92. The van der Waals surface area contributed by atoms with Crippen molar-refractivity contribution in [3.8, 4) is 10.4 Å². The highest BCUT2D eigenvalue weighted by Gasteiger charge is 2.24. The van der Waals surface area contributed by atoms with E-state index in [4.69, 9.17) is 4.74 Å². The molecule has 4 rings (SSSR count). The van der Waals surface area contributed by atoms with Gasteiger partial charge in [-0.15, -0.1) is 22.7 Å². The van der Waals surface area contributed by atoms with Gasteiger partial charge in [0, 0.05) is 27.2 Å². The van der Waals surface area contributed by atoms with Gasteiger partial charge < -0.3 is 10.1 Å². The lowest BCUT2D eigenvalue weighted by atomic mass is 10.1. The molecule has 1 amide bonds. The number of aryl methyl sites for hydroxylation is 1. The third-order valence-electron chi connectivity index (χ3n) is 4.78. The number of carbonyl (C=O) groups excluding carboxylic acids is 2. The maximum absolute atomic E-state index is 13.1. The van der Waals surface area contributed by atoms with E-state index in [9.17, 15) is 9.59 Å². The third kappa shape index (κ3) is 3.98. The van der Waals surface area contributed by atoms with Crippen LogP contribution in [0.4, 0.5) is 5.00 Å². The maximum Gasteiger partial charge on any atom is 0.341 e. The van der Waals surface area contributed by atoms with Gasteiger partial charge >= 0.3 is 5.97 Å². The SMILES string of the molecule is CCOC(=O)c1c(-c2cccs2)csc1NC(=O)c1cc2cnn(C(C)C)c2nc1C. The summed E-state index contributed by atoms with van der Waals surface area (Å²) in [5, 5.41) is 12.3. The lowest BCUT2D eigenvalue weighted by Gasteiger charge is -2.10. The van der Waals surface area contributed by atoms with Crippen LogP contribution in [0, 0.1) is 6.92 Å². The van der Waals surface area contributed by atoms with Gasteiger partial charge in [-0.3, -0.25) is 4.79 Å². The zero-order chi connectivity index (χ0) is 22.1. The smallest absolute Gasteiger partial charge is 0.341 e. The van der Waals surface area contributed by atoms with Crippen LogP contribution in [0.3, 0.4) is 0 Å². The Balaban J connectivity index is 1.70. The minimum atomic E-state index is -0.453. The van der Waals surface area contributed by atoms with E-state index in [0.717, 1.165) is 21.5 Å². The highest BCUT2D eigenvalue weighted by Crippen LogP contribution is 2.38. The van der Waals surface area contributed by atoms with Gasteiger partial charge in [0.05, 0.1) is 24.1 Å². The molecule has 0 fully saturated rings. The molecule has 160 valence electrons. The van der Waals surface area contributed by atoms with Gasteiger partial charge in [-0.05, 0) is 45.2 Å². The predicted octanol–water partition coefficient (Wildman–Crippen LogP) is 5.54. The van der Waals surface area contributed by atoms with E-state index in [-0.39, 0.29) is 18.6 Å². The minimum Gasteiger partial charge on any atom is -0.462 e. The van der Waals surface area contributed by atoms with Gasteiger partial charge in [0.1, 0.15) is 10.6 Å². The first-order valence-corrected chi connectivity index (χ1v) is 11.6. The average Bonchev–Trinajstić information content (AvgIpc) is 3.46. The Morgan fingerprint density at radius 1 is 1.29 bits per heavy atom. The molecule has 0 saturated carbocycles. The Kier molecular flexibility index (Phi) is 5.88. The van der Waals surface area contributed by atoms with Crippen LogP contribution in [0.5, 0.6) is 0 Å². The zero-order valence-electron chi connectivity index (χ0n) is 17.6. The Morgan fingerprint density at radius 3 is 2.77 bits per heavy atom. The number of pyridine rings is 1. The average molecular weight is 455 g/mol. The second kappa shape index (κ2) is 8.60. The van der Waals surface area contributed by atoms with Crippen LogP contribution < -0.4 is 5.32 Å². The first-order chi connectivity index (χ1) is 14.9. The third-order valence-corrected chi connectivity index (χ3v) is 6.58. The van der Waals surface area contributed by atoms with Crippen molar-refractivity contribution in [1.82, 2.24) is 14.8 Å². The molecule has 0 unspecified atom stereocenters. The normalized spacial score (nSPS) is 11.3. The summed E-state index contributed by atoms with van der Waals surface area (Å²) >= 11 is 2.84. The molecule has 0 bridgehead atoms. The molecule has 4 aromatic rings. The van der Waals surface area contributed by atoms with E-state index in [1.54, 1.807) is 26.1 Å². The van der Waals surface area contributed by atoms with Crippen molar-refractivity contribution in [3.63, 3.8) is 0 Å². The maximum atomic E-state index is 13.1. The first kappa shape index (κ1) is 21.2. The highest BCUT2D eigenvalue weighted by atomic mass is 32.1. The van der Waals surface area contributed by atoms with Gasteiger partial charge in [0.2, 0.25) is 0 Å². The number of rotatable bonds is 6. The largest absolute Gasteiger partial charge is 0.462 e. The molecule has 4 heterocycles. The predicted molar refractivity (Wildman–Crippen MR) is 124 cm³/mol. The van der Waals surface area contributed by atoms with Crippen LogP contribution in [0.2, 0.25) is 0 Å². The number of thiophene rings is 2. The van der Waals surface area contributed by atoms with E-state index in [2.05, 4.69) is 15.4 Å². The monoisotopic (exact) mass is 454 g/mol. The lowest BCUT2D eigenvalue weighted by molar-refractivity contribution is 0.0529. The van der Waals surface area contributed by atoms with Gasteiger partial charge in [0.25, 0.3) is 5.91 Å². The number of hydrogen-bond donors (Lipinski definition) is 1. The number of aromatic nitrogens is 3. The second-order valence-corrected chi connectivity index (χ2v) is 9.05. The number of anilines is 1. The van der Waals surface area contributed by atoms with Crippen LogP contribution in [-0.2, 0) is 4.74 Å². The Hall–Kier alpha value is -3.04. The van der Waals surface area contributed by atoms with Crippen molar-refractivity contribution in [3.05, 3.63) is 52.0 Å². The van der Waals surface area contributed by atoms with E-state index < -0.39 is 5.97 Å². The van der Waals surface area contributed by atoms with E-state index in [1.165, 1.54) is 22.7 Å². The van der Waals surface area contributed by atoms with Gasteiger partial charge in [-0.25, -0.2) is 14.5 Å². The van der Waals surface area contributed by atoms with Crippen molar-refractivity contribution < 1.29 is 14.3 Å². The quantitative estimate of drug-likeness (QED) is 0.387. The van der Waals surface area contributed by atoms with Gasteiger partial charge in [-0.1, -0.05) is 6.07 Å². The zero-order valence-corrected chi connectivity index (χ0v) is 19.3. The molecule has 0 aliphatic heterocycles. The fourth-order valence-corrected chi connectivity index (χ4v) is 5.08. The molecule has 31 heavy (non-hydrogen) atoms. The number of nitrogens with one attached hydrogen (secondary N) is 1. The molecule has 0 saturated heterocycles. The summed E-state index contributed by atoms with van der Waals surface area (Å²) in [4.78, 5) is 31.4. The van der Waals surface area contributed by atoms with Crippen LogP contribution >= 0.6 is 22.7 Å². The number of carbonyl (C=O) groups is 2. The highest BCUT2D eigenvalue weighted by molar-refractivity contribution is 7.17. The number of nitrogens with zero attached hydrogens (tertiary/aromatic N) is 3. The van der Waals surface area contributed by atoms with E-state index >= 15 is 0 Å². The lowest BCUT2D eigenvalue weighted by Crippen LogP contribution is -2.16. The molecule has 0 aliphatic rings. The van der Waals surface area contributed by atoms with Crippen molar-refractivity contribution in [2.45, 2.75) is 33.7 Å². The molecular weight excluding hydrogens is 432 g/mol. The Morgan fingerprint density at radius 2 is 2.10 bits per heavy atom. The summed E-state index contributed by atoms with van der Waals surface area (Å²) in [6.07, 6.45) is 1.71. The van der Waals surface area contributed by atoms with Crippen molar-refractivity contribution in [2.24, 2.45) is 0 Å². The number of fused-ring (bicyclic) bond motifs is 1. The summed E-state index contributed by atoms with van der Waals surface area (Å²) in [6.45, 7) is 7.87. The Labute approximate surface area is 187 Å². The summed E-state index contributed by atoms with van der Waals surface area (Å²) in [6, 6.07) is 5.82.